The van der Waals surface area contributed by atoms with Crippen LogP contribution in [-0.4, -0.2) is 69.0 Å². The summed E-state index contributed by atoms with van der Waals surface area (Å²) >= 11 is 0. The second-order valence-electron chi connectivity index (χ2n) is 8.63. The average molecular weight is 400 g/mol. The van der Waals surface area contributed by atoms with Gasteiger partial charge in [0.15, 0.2) is 0 Å². The molecule has 0 radical (unpaired) electrons. The summed E-state index contributed by atoms with van der Waals surface area (Å²) in [6.07, 6.45) is 11.2. The highest BCUT2D eigenvalue weighted by atomic mass is 32.2. The van der Waals surface area contributed by atoms with Gasteiger partial charge in [0.2, 0.25) is 21.8 Å². The van der Waals surface area contributed by atoms with Crippen LogP contribution in [0, 0.1) is 11.3 Å². The van der Waals surface area contributed by atoms with E-state index in [1.54, 1.807) is 4.90 Å². The smallest absolute Gasteiger partial charge is 0.237 e. The van der Waals surface area contributed by atoms with Gasteiger partial charge in [0.1, 0.15) is 0 Å². The van der Waals surface area contributed by atoms with E-state index in [4.69, 9.17) is 0 Å². The number of carbonyl (C=O) groups excluding carboxylic acids is 2. The molecule has 0 unspecified atom stereocenters. The first-order valence-electron chi connectivity index (χ1n) is 10.3. The number of hydrogen-bond acceptors (Lipinski definition) is 4. The van der Waals surface area contributed by atoms with Gasteiger partial charge < -0.3 is 9.80 Å². The van der Waals surface area contributed by atoms with E-state index in [0.717, 1.165) is 44.5 Å². The van der Waals surface area contributed by atoms with Crippen molar-refractivity contribution in [2.45, 2.75) is 57.8 Å². The highest BCUT2D eigenvalue weighted by Gasteiger charge is 2.49. The van der Waals surface area contributed by atoms with Crippen LogP contribution in [0.3, 0.4) is 0 Å². The van der Waals surface area contributed by atoms with Crippen LogP contribution in [0.15, 0.2) is 0 Å². The molecule has 0 bridgehead atoms. The van der Waals surface area contributed by atoms with Crippen molar-refractivity contribution in [1.82, 2.24) is 14.5 Å². The molecule has 2 heterocycles. The molecule has 7 nitrogen and oxygen atoms in total. The number of carbonyl (C=O) groups is 2. The third-order valence-electron chi connectivity index (χ3n) is 6.55. The van der Waals surface area contributed by atoms with Gasteiger partial charge in [-0.15, -0.1) is 0 Å². The summed E-state index contributed by atoms with van der Waals surface area (Å²) in [5.41, 5.74) is -0.453. The van der Waals surface area contributed by atoms with E-state index >= 15 is 0 Å². The van der Waals surface area contributed by atoms with Gasteiger partial charge in [-0.05, 0) is 31.6 Å². The lowest BCUT2D eigenvalue weighted by atomic mass is 9.78. The van der Waals surface area contributed by atoms with Gasteiger partial charge in [-0.3, -0.25) is 9.59 Å². The van der Waals surface area contributed by atoms with Crippen LogP contribution in [-0.2, 0) is 19.6 Å². The van der Waals surface area contributed by atoms with Crippen molar-refractivity contribution >= 4 is 21.8 Å². The third kappa shape index (κ3) is 5.22. The maximum absolute atomic E-state index is 13.2. The fraction of sp³-hybridized carbons (Fsp3) is 0.895. The zero-order valence-corrected chi connectivity index (χ0v) is 17.2. The molecule has 0 aromatic heterocycles. The molecule has 2 amide bonds. The largest absolute Gasteiger partial charge is 0.342 e. The number of piperidine rings is 1. The molecule has 1 N–H and O–H groups in total. The van der Waals surface area contributed by atoms with Crippen LogP contribution in [0.2, 0.25) is 0 Å². The Kier molecular flexibility index (Phi) is 6.46. The van der Waals surface area contributed by atoms with Crippen molar-refractivity contribution in [3.05, 3.63) is 0 Å². The zero-order chi connectivity index (χ0) is 19.5. The fourth-order valence-electron chi connectivity index (χ4n) is 4.95. The Bertz CT molecular complexity index is 660. The van der Waals surface area contributed by atoms with Crippen molar-refractivity contribution < 1.29 is 18.0 Å². The first-order valence-corrected chi connectivity index (χ1v) is 12.2. The maximum atomic E-state index is 13.2. The zero-order valence-electron chi connectivity index (χ0n) is 16.4. The van der Waals surface area contributed by atoms with Crippen LogP contribution in [0.25, 0.3) is 0 Å². The van der Waals surface area contributed by atoms with Gasteiger partial charge in [-0.1, -0.05) is 32.1 Å². The Morgan fingerprint density at radius 3 is 2.59 bits per heavy atom. The van der Waals surface area contributed by atoms with Crippen LogP contribution < -0.4 is 4.72 Å². The molecule has 0 aromatic carbocycles. The van der Waals surface area contributed by atoms with Crippen LogP contribution >= 0.6 is 0 Å². The quantitative estimate of drug-likeness (QED) is 0.730. The second kappa shape index (κ2) is 8.47. The molecule has 154 valence electrons. The Morgan fingerprint density at radius 2 is 1.89 bits per heavy atom. The normalized spacial score (nSPS) is 27.5. The molecule has 1 saturated carbocycles. The SMILES string of the molecule is CS(=O)(=O)NCC(=O)N1CC[C@]2(CCCN(CCC3CCCCC3)C2=O)C1. The Balaban J connectivity index is 1.54. The number of likely N-dealkylation sites (tertiary alicyclic amines) is 2. The minimum atomic E-state index is -3.39. The van der Waals surface area contributed by atoms with Crippen LogP contribution in [0.4, 0.5) is 0 Å². The van der Waals surface area contributed by atoms with Gasteiger partial charge >= 0.3 is 0 Å². The molecular weight excluding hydrogens is 366 g/mol. The third-order valence-corrected chi connectivity index (χ3v) is 7.22. The number of nitrogens with zero attached hydrogens (tertiary/aromatic N) is 2. The summed E-state index contributed by atoms with van der Waals surface area (Å²) in [7, 11) is -3.39. The number of nitrogens with one attached hydrogen (secondary N) is 1. The highest BCUT2D eigenvalue weighted by molar-refractivity contribution is 7.88. The maximum Gasteiger partial charge on any atom is 0.237 e. The summed E-state index contributed by atoms with van der Waals surface area (Å²) in [4.78, 5) is 29.2. The fourth-order valence-corrected chi connectivity index (χ4v) is 5.33. The van der Waals surface area contributed by atoms with Gasteiger partial charge in [0.05, 0.1) is 18.2 Å². The number of hydrogen-bond donors (Lipinski definition) is 1. The lowest BCUT2D eigenvalue weighted by Gasteiger charge is -2.40. The second-order valence-corrected chi connectivity index (χ2v) is 10.5. The number of amides is 2. The number of sulfonamides is 1. The first-order chi connectivity index (χ1) is 12.8. The Labute approximate surface area is 162 Å². The molecule has 0 aromatic rings. The predicted octanol–water partition coefficient (Wildman–Crippen LogP) is 1.35. The summed E-state index contributed by atoms with van der Waals surface area (Å²) < 4.78 is 24.7. The molecular formula is C19H33N3O4S. The molecule has 1 spiro atoms. The molecule has 1 atom stereocenters. The Hall–Kier alpha value is -1.15. The Morgan fingerprint density at radius 1 is 1.15 bits per heavy atom. The van der Waals surface area contributed by atoms with E-state index in [1.807, 2.05) is 4.90 Å². The van der Waals surface area contributed by atoms with Gasteiger partial charge in [-0.2, -0.15) is 0 Å². The minimum Gasteiger partial charge on any atom is -0.342 e. The molecule has 8 heteroatoms. The van der Waals surface area contributed by atoms with Gasteiger partial charge in [-0.25, -0.2) is 13.1 Å². The van der Waals surface area contributed by atoms with Crippen LogP contribution in [0.1, 0.15) is 57.8 Å². The topological polar surface area (TPSA) is 86.8 Å². The van der Waals surface area contributed by atoms with Gasteiger partial charge in [0, 0.05) is 26.2 Å². The van der Waals surface area contributed by atoms with E-state index in [1.165, 1.54) is 32.1 Å². The van der Waals surface area contributed by atoms with E-state index in [9.17, 15) is 18.0 Å². The van der Waals surface area contributed by atoms with Gasteiger partial charge in [0.25, 0.3) is 0 Å². The predicted molar refractivity (Wildman–Crippen MR) is 103 cm³/mol. The van der Waals surface area contributed by atoms with E-state index in [0.29, 0.717) is 19.5 Å². The summed E-state index contributed by atoms with van der Waals surface area (Å²) in [5.74, 6) is 0.716. The van der Waals surface area contributed by atoms with Crippen molar-refractivity contribution in [1.29, 1.82) is 0 Å². The van der Waals surface area contributed by atoms with E-state index < -0.39 is 15.4 Å². The van der Waals surface area contributed by atoms with Crippen LogP contribution in [0.5, 0.6) is 0 Å². The average Bonchev–Trinajstić information content (AvgIpc) is 3.06. The molecule has 2 aliphatic heterocycles. The molecule has 27 heavy (non-hydrogen) atoms. The van der Waals surface area contributed by atoms with E-state index in [2.05, 4.69) is 4.72 Å². The summed E-state index contributed by atoms with van der Waals surface area (Å²) in [6.45, 7) is 2.41. The molecule has 2 saturated heterocycles. The van der Waals surface area contributed by atoms with Crippen molar-refractivity contribution in [3.8, 4) is 0 Å². The molecule has 3 rings (SSSR count). The van der Waals surface area contributed by atoms with Crippen molar-refractivity contribution in [3.63, 3.8) is 0 Å². The molecule has 1 aliphatic carbocycles. The molecule has 3 aliphatic rings. The minimum absolute atomic E-state index is 0.205. The molecule has 3 fully saturated rings. The van der Waals surface area contributed by atoms with E-state index in [-0.39, 0.29) is 18.4 Å². The first kappa shape index (κ1) is 20.6. The number of rotatable bonds is 6. The summed E-state index contributed by atoms with van der Waals surface area (Å²) in [5, 5.41) is 0. The van der Waals surface area contributed by atoms with Crippen molar-refractivity contribution in [2.24, 2.45) is 11.3 Å². The standard InChI is InChI=1S/C19H33N3O4S/c1-27(25,26)20-14-17(23)22-13-10-19(15-22)9-5-11-21(18(19)24)12-8-16-6-3-2-4-7-16/h16,20H,2-15H2,1H3/t19-/m1/s1. The van der Waals surface area contributed by atoms with Crippen molar-refractivity contribution in [2.75, 3.05) is 39.0 Å². The highest BCUT2D eigenvalue weighted by Crippen LogP contribution is 2.40. The summed E-state index contributed by atoms with van der Waals surface area (Å²) in [6, 6.07) is 0. The lowest BCUT2D eigenvalue weighted by Crippen LogP contribution is -2.51. The monoisotopic (exact) mass is 399 g/mol. The lowest BCUT2D eigenvalue weighted by molar-refractivity contribution is -0.146.